The van der Waals surface area contributed by atoms with E-state index in [1.807, 2.05) is 6.07 Å². The van der Waals surface area contributed by atoms with Crippen molar-refractivity contribution in [1.82, 2.24) is 4.90 Å². The van der Waals surface area contributed by atoms with E-state index in [9.17, 15) is 27.2 Å². The van der Waals surface area contributed by atoms with Crippen molar-refractivity contribution in [3.63, 3.8) is 0 Å². The number of carbonyl (C=O) groups is 2. The molecule has 3 nitrogen and oxygen atoms in total. The molecule has 7 heteroatoms. The zero-order valence-electron chi connectivity index (χ0n) is 14.1. The predicted octanol–water partition coefficient (Wildman–Crippen LogP) is 4.28. The summed E-state index contributed by atoms with van der Waals surface area (Å²) < 4.78 is 52.4. The maximum atomic E-state index is 14.3. The van der Waals surface area contributed by atoms with Crippen molar-refractivity contribution in [2.75, 3.05) is 0 Å². The van der Waals surface area contributed by atoms with Crippen LogP contribution in [-0.4, -0.2) is 16.7 Å². The second-order valence-electron chi connectivity index (χ2n) is 7.09. The molecule has 140 valence electrons. The molecule has 1 heterocycles. The lowest BCUT2D eigenvalue weighted by atomic mass is 9.96. The van der Waals surface area contributed by atoms with Crippen molar-refractivity contribution >= 4 is 11.8 Å². The van der Waals surface area contributed by atoms with Gasteiger partial charge in [-0.15, -0.1) is 0 Å². The quantitative estimate of drug-likeness (QED) is 0.592. The number of carbonyl (C=O) groups excluding carboxylic acids is 2. The van der Waals surface area contributed by atoms with Gasteiger partial charge in [0, 0.05) is 12.3 Å². The van der Waals surface area contributed by atoms with Crippen LogP contribution in [-0.2, 0) is 22.3 Å². The van der Waals surface area contributed by atoms with Crippen LogP contribution in [0.3, 0.4) is 0 Å². The average Bonchev–Trinajstić information content (AvgIpc) is 3.28. The van der Waals surface area contributed by atoms with Gasteiger partial charge in [-0.1, -0.05) is 36.4 Å². The standard InChI is InChI=1S/C20H15F4NO2/c21-16-8-13(20(22,23)24)6-7-14(16)15-9-19(15)10-17(26)25(18(19)27)11-12-4-2-1-3-5-12/h1-8,15H,9-11H2/t15?,19-/m0/s1. The Kier molecular flexibility index (Phi) is 3.87. The largest absolute Gasteiger partial charge is 0.416 e. The van der Waals surface area contributed by atoms with Gasteiger partial charge in [0.1, 0.15) is 5.82 Å². The maximum absolute atomic E-state index is 14.3. The Morgan fingerprint density at radius 2 is 1.78 bits per heavy atom. The molecule has 2 aromatic carbocycles. The van der Waals surface area contributed by atoms with E-state index in [1.165, 1.54) is 0 Å². The van der Waals surface area contributed by atoms with Gasteiger partial charge in [-0.2, -0.15) is 13.2 Å². The first-order valence-electron chi connectivity index (χ1n) is 8.48. The van der Waals surface area contributed by atoms with E-state index >= 15 is 0 Å². The molecule has 1 saturated carbocycles. The van der Waals surface area contributed by atoms with Crippen LogP contribution in [0.25, 0.3) is 0 Å². The Labute approximate surface area is 152 Å². The van der Waals surface area contributed by atoms with Crippen LogP contribution in [0.5, 0.6) is 0 Å². The number of alkyl halides is 3. The normalized spacial score (nSPS) is 24.7. The number of hydrogen-bond donors (Lipinski definition) is 0. The first-order valence-corrected chi connectivity index (χ1v) is 8.48. The fourth-order valence-corrected chi connectivity index (χ4v) is 3.88. The van der Waals surface area contributed by atoms with E-state index in [4.69, 9.17) is 0 Å². The zero-order chi connectivity index (χ0) is 19.4. The van der Waals surface area contributed by atoms with E-state index in [0.29, 0.717) is 6.07 Å². The van der Waals surface area contributed by atoms with Crippen LogP contribution in [0.1, 0.15) is 35.4 Å². The van der Waals surface area contributed by atoms with Crippen molar-refractivity contribution < 1.29 is 27.2 Å². The summed E-state index contributed by atoms with van der Waals surface area (Å²) in [5, 5.41) is 0. The van der Waals surface area contributed by atoms with Crippen molar-refractivity contribution in [3.8, 4) is 0 Å². The number of nitrogens with zero attached hydrogens (tertiary/aromatic N) is 1. The van der Waals surface area contributed by atoms with E-state index in [1.54, 1.807) is 24.3 Å². The molecule has 2 amide bonds. The second-order valence-corrected chi connectivity index (χ2v) is 7.09. The van der Waals surface area contributed by atoms with Crippen LogP contribution in [0, 0.1) is 11.2 Å². The van der Waals surface area contributed by atoms with Crippen LogP contribution in [0.2, 0.25) is 0 Å². The van der Waals surface area contributed by atoms with Crippen molar-refractivity contribution in [2.24, 2.45) is 5.41 Å². The number of benzene rings is 2. The van der Waals surface area contributed by atoms with Gasteiger partial charge in [-0.05, 0) is 29.7 Å². The van der Waals surface area contributed by atoms with Crippen LogP contribution in [0.4, 0.5) is 17.6 Å². The molecule has 0 N–H and O–H groups in total. The average molecular weight is 377 g/mol. The molecule has 27 heavy (non-hydrogen) atoms. The SMILES string of the molecule is O=C1C[C@]2(CC2c2ccc(C(F)(F)F)cc2F)C(=O)N1Cc1ccccc1. The highest BCUT2D eigenvalue weighted by Gasteiger charge is 2.67. The molecule has 1 spiro atoms. The molecule has 2 atom stereocenters. The van der Waals surface area contributed by atoms with Crippen LogP contribution < -0.4 is 0 Å². The summed E-state index contributed by atoms with van der Waals surface area (Å²) in [6.07, 6.45) is -4.40. The lowest BCUT2D eigenvalue weighted by molar-refractivity contribution is -0.141. The fraction of sp³-hybridized carbons (Fsp3) is 0.300. The number of rotatable bonds is 3. The van der Waals surface area contributed by atoms with Gasteiger partial charge in [0.05, 0.1) is 17.5 Å². The van der Waals surface area contributed by atoms with Gasteiger partial charge in [0.2, 0.25) is 11.8 Å². The Balaban J connectivity index is 1.57. The summed E-state index contributed by atoms with van der Waals surface area (Å²) in [6, 6.07) is 11.4. The third kappa shape index (κ3) is 2.91. The lowest BCUT2D eigenvalue weighted by Gasteiger charge is -2.15. The minimum Gasteiger partial charge on any atom is -0.278 e. The summed E-state index contributed by atoms with van der Waals surface area (Å²) >= 11 is 0. The van der Waals surface area contributed by atoms with Gasteiger partial charge in [0.15, 0.2) is 0 Å². The molecule has 1 aliphatic heterocycles. The third-order valence-corrected chi connectivity index (χ3v) is 5.40. The number of amides is 2. The minimum absolute atomic E-state index is 0.0379. The second kappa shape index (κ2) is 5.90. The van der Waals surface area contributed by atoms with Crippen molar-refractivity contribution in [3.05, 3.63) is 71.0 Å². The van der Waals surface area contributed by atoms with E-state index in [0.717, 1.165) is 22.6 Å². The molecule has 0 bridgehead atoms. The Bertz CT molecular complexity index is 925. The molecule has 1 aliphatic carbocycles. The Hall–Kier alpha value is -2.70. The topological polar surface area (TPSA) is 37.4 Å². The molecule has 4 rings (SSSR count). The molecule has 2 fully saturated rings. The first-order chi connectivity index (χ1) is 12.7. The van der Waals surface area contributed by atoms with Crippen molar-refractivity contribution in [2.45, 2.75) is 31.5 Å². The van der Waals surface area contributed by atoms with Crippen molar-refractivity contribution in [1.29, 1.82) is 0 Å². The summed E-state index contributed by atoms with van der Waals surface area (Å²) in [5.74, 6) is -2.27. The highest BCUT2D eigenvalue weighted by molar-refractivity contribution is 6.08. The molecule has 0 aromatic heterocycles. The van der Waals surface area contributed by atoms with Gasteiger partial charge in [0.25, 0.3) is 0 Å². The third-order valence-electron chi connectivity index (χ3n) is 5.40. The molecule has 1 saturated heterocycles. The fourth-order valence-electron chi connectivity index (χ4n) is 3.88. The molecular weight excluding hydrogens is 362 g/mol. The number of halogens is 4. The van der Waals surface area contributed by atoms with Crippen LogP contribution in [0.15, 0.2) is 48.5 Å². The molecule has 1 unspecified atom stereocenters. The first kappa shape index (κ1) is 17.7. The molecular formula is C20H15F4NO2. The summed E-state index contributed by atoms with van der Waals surface area (Å²) in [4.78, 5) is 26.3. The zero-order valence-corrected chi connectivity index (χ0v) is 14.1. The minimum atomic E-state index is -4.63. The monoisotopic (exact) mass is 377 g/mol. The smallest absolute Gasteiger partial charge is 0.278 e. The summed E-state index contributed by atoms with van der Waals surface area (Å²) in [6.45, 7) is 0.141. The highest BCUT2D eigenvalue weighted by Crippen LogP contribution is 2.65. The maximum Gasteiger partial charge on any atom is 0.416 e. The van der Waals surface area contributed by atoms with Crippen LogP contribution >= 0.6 is 0 Å². The summed E-state index contributed by atoms with van der Waals surface area (Å²) in [5.41, 5.74) is -1.23. The summed E-state index contributed by atoms with van der Waals surface area (Å²) in [7, 11) is 0. The molecule has 0 radical (unpaired) electrons. The van der Waals surface area contributed by atoms with Gasteiger partial charge >= 0.3 is 6.18 Å². The van der Waals surface area contributed by atoms with E-state index < -0.39 is 28.9 Å². The lowest BCUT2D eigenvalue weighted by Crippen LogP contribution is -2.30. The Morgan fingerprint density at radius 3 is 2.41 bits per heavy atom. The highest BCUT2D eigenvalue weighted by atomic mass is 19.4. The molecule has 2 aliphatic rings. The van der Waals surface area contributed by atoms with E-state index in [2.05, 4.69) is 0 Å². The predicted molar refractivity (Wildman–Crippen MR) is 87.8 cm³/mol. The molecule has 2 aromatic rings. The van der Waals surface area contributed by atoms with Gasteiger partial charge in [-0.3, -0.25) is 14.5 Å². The number of likely N-dealkylation sites (tertiary alicyclic amines) is 1. The van der Waals surface area contributed by atoms with Gasteiger partial charge < -0.3 is 0 Å². The Morgan fingerprint density at radius 1 is 1.07 bits per heavy atom. The number of hydrogen-bond acceptors (Lipinski definition) is 2. The van der Waals surface area contributed by atoms with Gasteiger partial charge in [-0.25, -0.2) is 4.39 Å². The van der Waals surface area contributed by atoms with E-state index in [-0.39, 0.29) is 36.8 Å². The number of imide groups is 1.